The molecule has 0 heterocycles. The monoisotopic (exact) mass is 371 g/mol. The second-order valence-electron chi connectivity index (χ2n) is 5.69. The largest absolute Gasteiger partial charge is 0.467 e. The lowest BCUT2D eigenvalue weighted by molar-refractivity contribution is -0.142. The Morgan fingerprint density at radius 1 is 0.963 bits per heavy atom. The summed E-state index contributed by atoms with van der Waals surface area (Å²) >= 11 is 0. The van der Waals surface area contributed by atoms with Crippen molar-refractivity contribution in [3.8, 4) is 0 Å². The Kier molecular flexibility index (Phi) is 6.76. The van der Waals surface area contributed by atoms with Crippen LogP contribution in [-0.2, 0) is 20.7 Å². The van der Waals surface area contributed by atoms with Crippen LogP contribution in [0.1, 0.15) is 15.9 Å². The molecule has 0 aromatic heterocycles. The van der Waals surface area contributed by atoms with Crippen LogP contribution in [-0.4, -0.2) is 38.2 Å². The molecular formula is C19H21N3O5. The Bertz CT molecular complexity index is 803. The van der Waals surface area contributed by atoms with Gasteiger partial charge in [0.25, 0.3) is 5.91 Å². The summed E-state index contributed by atoms with van der Waals surface area (Å²) in [6, 6.07) is 12.3. The fourth-order valence-electron chi connectivity index (χ4n) is 2.34. The smallest absolute Gasteiger partial charge is 0.411 e. The quantitative estimate of drug-likeness (QED) is 0.527. The van der Waals surface area contributed by atoms with Gasteiger partial charge in [0.2, 0.25) is 0 Å². The maximum atomic E-state index is 12.5. The van der Waals surface area contributed by atoms with E-state index in [4.69, 9.17) is 10.5 Å². The molecule has 2 rings (SSSR count). The number of amides is 2. The Hall–Kier alpha value is -3.55. The van der Waals surface area contributed by atoms with Gasteiger partial charge in [-0.1, -0.05) is 12.1 Å². The van der Waals surface area contributed by atoms with Gasteiger partial charge in [-0.05, 0) is 42.0 Å². The number of nitrogens with one attached hydrogen (secondary N) is 2. The third-order valence-corrected chi connectivity index (χ3v) is 3.79. The number of hydrogen-bond donors (Lipinski definition) is 3. The van der Waals surface area contributed by atoms with Crippen LogP contribution >= 0.6 is 0 Å². The first kappa shape index (κ1) is 19.8. The predicted octanol–water partition coefficient (Wildman–Crippen LogP) is 1.96. The van der Waals surface area contributed by atoms with Crippen molar-refractivity contribution < 1.29 is 23.9 Å². The molecule has 27 heavy (non-hydrogen) atoms. The molecule has 2 aromatic carbocycles. The lowest BCUT2D eigenvalue weighted by Crippen LogP contribution is -2.43. The van der Waals surface area contributed by atoms with Gasteiger partial charge in [0.1, 0.15) is 6.04 Å². The zero-order valence-corrected chi connectivity index (χ0v) is 15.0. The van der Waals surface area contributed by atoms with Gasteiger partial charge in [-0.3, -0.25) is 10.1 Å². The Morgan fingerprint density at radius 3 is 2.15 bits per heavy atom. The van der Waals surface area contributed by atoms with E-state index in [2.05, 4.69) is 15.4 Å². The fourth-order valence-corrected chi connectivity index (χ4v) is 2.34. The highest BCUT2D eigenvalue weighted by Crippen LogP contribution is 2.12. The SMILES string of the molecule is COC(=O)Nc1ccc(C(=O)NC(Cc2ccc(N)cc2)C(=O)OC)cc1. The van der Waals surface area contributed by atoms with Crippen LogP contribution in [0.3, 0.4) is 0 Å². The van der Waals surface area contributed by atoms with E-state index in [9.17, 15) is 14.4 Å². The van der Waals surface area contributed by atoms with Gasteiger partial charge < -0.3 is 20.5 Å². The van der Waals surface area contributed by atoms with Crippen LogP contribution in [0.2, 0.25) is 0 Å². The lowest BCUT2D eigenvalue weighted by atomic mass is 10.0. The highest BCUT2D eigenvalue weighted by atomic mass is 16.5. The number of methoxy groups -OCH3 is 2. The van der Waals surface area contributed by atoms with Crippen LogP contribution in [0, 0.1) is 0 Å². The molecule has 0 aliphatic rings. The molecule has 1 atom stereocenters. The van der Waals surface area contributed by atoms with Gasteiger partial charge in [-0.2, -0.15) is 0 Å². The van der Waals surface area contributed by atoms with Crippen LogP contribution in [0.4, 0.5) is 16.2 Å². The van der Waals surface area contributed by atoms with Crippen LogP contribution < -0.4 is 16.4 Å². The van der Waals surface area contributed by atoms with E-state index in [1.54, 1.807) is 36.4 Å². The Labute approximate surface area is 156 Å². The van der Waals surface area contributed by atoms with E-state index in [-0.39, 0.29) is 6.42 Å². The van der Waals surface area contributed by atoms with E-state index in [1.807, 2.05) is 0 Å². The summed E-state index contributed by atoms with van der Waals surface area (Å²) in [5, 5.41) is 5.15. The minimum absolute atomic E-state index is 0.265. The molecule has 0 radical (unpaired) electrons. The van der Waals surface area contributed by atoms with Crippen molar-refractivity contribution in [1.29, 1.82) is 0 Å². The fraction of sp³-hybridized carbons (Fsp3) is 0.211. The minimum Gasteiger partial charge on any atom is -0.467 e. The van der Waals surface area contributed by atoms with E-state index >= 15 is 0 Å². The zero-order valence-electron chi connectivity index (χ0n) is 15.0. The maximum Gasteiger partial charge on any atom is 0.411 e. The number of carbonyl (C=O) groups is 3. The van der Waals surface area contributed by atoms with E-state index in [0.29, 0.717) is 16.9 Å². The van der Waals surface area contributed by atoms with Gasteiger partial charge in [-0.15, -0.1) is 0 Å². The average molecular weight is 371 g/mol. The predicted molar refractivity (Wildman–Crippen MR) is 100 cm³/mol. The maximum absolute atomic E-state index is 12.5. The molecule has 0 spiro atoms. The van der Waals surface area contributed by atoms with Gasteiger partial charge >= 0.3 is 12.1 Å². The topological polar surface area (TPSA) is 120 Å². The van der Waals surface area contributed by atoms with E-state index in [1.165, 1.54) is 26.4 Å². The van der Waals surface area contributed by atoms with Gasteiger partial charge in [0, 0.05) is 23.4 Å². The normalized spacial score (nSPS) is 11.2. The number of carbonyl (C=O) groups excluding carboxylic acids is 3. The van der Waals surface area contributed by atoms with Crippen molar-refractivity contribution in [2.75, 3.05) is 25.3 Å². The third-order valence-electron chi connectivity index (χ3n) is 3.79. The van der Waals surface area contributed by atoms with Crippen molar-refractivity contribution >= 4 is 29.3 Å². The standard InChI is InChI=1S/C19H21N3O5/c1-26-18(24)16(11-12-3-7-14(20)8-4-12)22-17(23)13-5-9-15(10-6-13)21-19(25)27-2/h3-10,16H,11,20H2,1-2H3,(H,21,25)(H,22,23). The summed E-state index contributed by atoms with van der Waals surface area (Å²) in [7, 11) is 2.52. The number of nitrogen functional groups attached to an aromatic ring is 1. The summed E-state index contributed by atoms with van der Waals surface area (Å²) in [6.07, 6.45) is -0.345. The average Bonchev–Trinajstić information content (AvgIpc) is 2.68. The molecule has 0 bridgehead atoms. The van der Waals surface area contributed by atoms with Crippen molar-refractivity contribution in [3.63, 3.8) is 0 Å². The number of benzene rings is 2. The van der Waals surface area contributed by atoms with Crippen LogP contribution in [0.15, 0.2) is 48.5 Å². The highest BCUT2D eigenvalue weighted by molar-refractivity contribution is 5.97. The second-order valence-corrected chi connectivity index (χ2v) is 5.69. The molecule has 2 aromatic rings. The van der Waals surface area contributed by atoms with Gasteiger partial charge in [-0.25, -0.2) is 9.59 Å². The molecule has 0 aliphatic heterocycles. The molecule has 4 N–H and O–H groups in total. The molecule has 0 aliphatic carbocycles. The van der Waals surface area contributed by atoms with Gasteiger partial charge in [0.15, 0.2) is 0 Å². The summed E-state index contributed by atoms with van der Waals surface area (Å²) < 4.78 is 9.28. The molecule has 0 fully saturated rings. The van der Waals surface area contributed by atoms with Crippen molar-refractivity contribution in [2.24, 2.45) is 0 Å². The van der Waals surface area contributed by atoms with Crippen LogP contribution in [0.5, 0.6) is 0 Å². The third kappa shape index (κ3) is 5.74. The summed E-state index contributed by atoms with van der Waals surface area (Å²) in [6.45, 7) is 0. The molecule has 0 saturated heterocycles. The minimum atomic E-state index is -0.848. The van der Waals surface area contributed by atoms with E-state index in [0.717, 1.165) is 5.56 Å². The van der Waals surface area contributed by atoms with Crippen LogP contribution in [0.25, 0.3) is 0 Å². The van der Waals surface area contributed by atoms with E-state index < -0.39 is 24.0 Å². The first-order chi connectivity index (χ1) is 12.9. The molecule has 1 unspecified atom stereocenters. The molecule has 2 amide bonds. The number of ether oxygens (including phenoxy) is 2. The first-order valence-electron chi connectivity index (χ1n) is 8.11. The Balaban J connectivity index is 2.07. The molecular weight excluding hydrogens is 350 g/mol. The Morgan fingerprint density at radius 2 is 1.59 bits per heavy atom. The second kappa shape index (κ2) is 9.23. The lowest BCUT2D eigenvalue weighted by Gasteiger charge is -2.17. The van der Waals surface area contributed by atoms with Crippen molar-refractivity contribution in [2.45, 2.75) is 12.5 Å². The van der Waals surface area contributed by atoms with Crippen molar-refractivity contribution in [3.05, 3.63) is 59.7 Å². The molecule has 8 nitrogen and oxygen atoms in total. The summed E-state index contributed by atoms with van der Waals surface area (Å²) in [5.41, 5.74) is 7.90. The summed E-state index contributed by atoms with van der Waals surface area (Å²) in [4.78, 5) is 35.7. The van der Waals surface area contributed by atoms with Crippen molar-refractivity contribution in [1.82, 2.24) is 5.32 Å². The zero-order chi connectivity index (χ0) is 19.8. The number of anilines is 2. The van der Waals surface area contributed by atoms with Gasteiger partial charge in [0.05, 0.1) is 14.2 Å². The molecule has 8 heteroatoms. The number of rotatable bonds is 6. The number of esters is 1. The molecule has 142 valence electrons. The first-order valence-corrected chi connectivity index (χ1v) is 8.11. The summed E-state index contributed by atoms with van der Waals surface area (Å²) in [5.74, 6) is -0.991. The number of hydrogen-bond acceptors (Lipinski definition) is 6. The number of nitrogens with two attached hydrogens (primary N) is 1. The molecule has 0 saturated carbocycles. The highest BCUT2D eigenvalue weighted by Gasteiger charge is 2.22.